The molecule has 1 rings (SSSR count). The highest BCUT2D eigenvalue weighted by molar-refractivity contribution is 5.94. The largest absolute Gasteiger partial charge is 0.478 e. The van der Waals surface area contributed by atoms with Gasteiger partial charge in [0.05, 0.1) is 11.1 Å². The van der Waals surface area contributed by atoms with Gasteiger partial charge in [-0.15, -0.1) is 0 Å². The number of carbonyl (C=O) groups excluding carboxylic acids is 1. The van der Waals surface area contributed by atoms with Crippen LogP contribution in [-0.2, 0) is 4.74 Å². The number of carbonyl (C=O) groups is 2. The van der Waals surface area contributed by atoms with Gasteiger partial charge in [0.15, 0.2) is 0 Å². The van der Waals surface area contributed by atoms with Gasteiger partial charge in [-0.05, 0) is 37.5 Å². The second-order valence-corrected chi connectivity index (χ2v) is 7.37. The molecule has 4 heteroatoms. The molecule has 0 aliphatic heterocycles. The van der Waals surface area contributed by atoms with Crippen molar-refractivity contribution in [3.63, 3.8) is 0 Å². The van der Waals surface area contributed by atoms with Crippen LogP contribution in [0.3, 0.4) is 0 Å². The number of hydrogen-bond donors (Lipinski definition) is 1. The Balaban J connectivity index is 2.86. The van der Waals surface area contributed by atoms with E-state index in [0.717, 1.165) is 32.1 Å². The first-order chi connectivity index (χ1) is 11.8. The summed E-state index contributed by atoms with van der Waals surface area (Å²) in [5, 5.41) is 9.09. The highest BCUT2D eigenvalue weighted by Gasteiger charge is 2.32. The molecule has 0 heterocycles. The zero-order valence-electron chi connectivity index (χ0n) is 16.0. The predicted molar refractivity (Wildman–Crippen MR) is 100 cm³/mol. The van der Waals surface area contributed by atoms with Gasteiger partial charge in [0, 0.05) is 5.41 Å². The van der Waals surface area contributed by atoms with Crippen molar-refractivity contribution < 1.29 is 19.4 Å². The Morgan fingerprint density at radius 3 is 2.36 bits per heavy atom. The number of carboxylic acid groups (broad SMARTS) is 1. The van der Waals surface area contributed by atoms with E-state index >= 15 is 0 Å². The van der Waals surface area contributed by atoms with Crippen LogP contribution >= 0.6 is 0 Å². The van der Waals surface area contributed by atoms with Gasteiger partial charge in [0.25, 0.3) is 0 Å². The lowest BCUT2D eigenvalue weighted by atomic mass is 9.79. The Hall–Kier alpha value is -1.84. The summed E-state index contributed by atoms with van der Waals surface area (Å²) in [4.78, 5) is 23.6. The average molecular weight is 348 g/mol. The number of aromatic carboxylic acids is 1. The number of carboxylic acids is 1. The minimum atomic E-state index is -1.04. The summed E-state index contributed by atoms with van der Waals surface area (Å²) in [6.45, 7) is 8.59. The van der Waals surface area contributed by atoms with E-state index in [2.05, 4.69) is 27.7 Å². The van der Waals surface area contributed by atoms with Gasteiger partial charge in [-0.1, -0.05) is 59.4 Å². The van der Waals surface area contributed by atoms with Crippen molar-refractivity contribution in [3.8, 4) is 0 Å². The normalized spacial score (nSPS) is 12.6. The van der Waals surface area contributed by atoms with Crippen LogP contribution in [0, 0.1) is 5.41 Å². The number of benzene rings is 1. The molecule has 1 N–H and O–H groups in total. The van der Waals surface area contributed by atoms with Gasteiger partial charge >= 0.3 is 11.9 Å². The molecule has 0 aromatic heterocycles. The van der Waals surface area contributed by atoms with E-state index in [4.69, 9.17) is 9.84 Å². The van der Waals surface area contributed by atoms with Gasteiger partial charge < -0.3 is 9.84 Å². The van der Waals surface area contributed by atoms with Crippen LogP contribution in [0.4, 0.5) is 0 Å². The molecule has 0 radical (unpaired) electrons. The SMILES string of the molecule is CCCCCCC(OC(=O)c1cccc(C(=O)O)c1)C(C)(C)CCC. The second-order valence-electron chi connectivity index (χ2n) is 7.37. The van der Waals surface area contributed by atoms with E-state index in [-0.39, 0.29) is 17.1 Å². The second kappa shape index (κ2) is 10.2. The Kier molecular flexibility index (Phi) is 8.67. The molecule has 1 unspecified atom stereocenters. The maximum atomic E-state index is 12.6. The van der Waals surface area contributed by atoms with E-state index < -0.39 is 11.9 Å². The van der Waals surface area contributed by atoms with E-state index in [0.29, 0.717) is 5.56 Å². The van der Waals surface area contributed by atoms with Crippen LogP contribution in [0.25, 0.3) is 0 Å². The van der Waals surface area contributed by atoms with Crippen molar-refractivity contribution in [1.29, 1.82) is 0 Å². The molecule has 0 saturated heterocycles. The zero-order chi connectivity index (χ0) is 18.9. The molecule has 0 saturated carbocycles. The molecular weight excluding hydrogens is 316 g/mol. The van der Waals surface area contributed by atoms with Gasteiger partial charge in [-0.25, -0.2) is 9.59 Å². The molecule has 25 heavy (non-hydrogen) atoms. The number of hydrogen-bond acceptors (Lipinski definition) is 3. The Morgan fingerprint density at radius 1 is 1.08 bits per heavy atom. The van der Waals surface area contributed by atoms with Crippen molar-refractivity contribution in [2.75, 3.05) is 0 Å². The number of esters is 1. The van der Waals surface area contributed by atoms with Crippen LogP contribution in [0.2, 0.25) is 0 Å². The lowest BCUT2D eigenvalue weighted by molar-refractivity contribution is -0.0152. The van der Waals surface area contributed by atoms with Crippen molar-refractivity contribution in [1.82, 2.24) is 0 Å². The van der Waals surface area contributed by atoms with E-state index in [1.165, 1.54) is 25.0 Å². The van der Waals surface area contributed by atoms with Gasteiger partial charge in [0.1, 0.15) is 6.10 Å². The van der Waals surface area contributed by atoms with E-state index in [1.807, 2.05) is 0 Å². The number of rotatable bonds is 11. The third-order valence-electron chi connectivity index (χ3n) is 4.68. The fourth-order valence-electron chi connectivity index (χ4n) is 3.15. The molecular formula is C21H32O4. The molecule has 1 atom stereocenters. The molecule has 0 aliphatic rings. The van der Waals surface area contributed by atoms with E-state index in [9.17, 15) is 9.59 Å². The minimum Gasteiger partial charge on any atom is -0.478 e. The van der Waals surface area contributed by atoms with Crippen LogP contribution < -0.4 is 0 Å². The molecule has 0 aliphatic carbocycles. The Bertz CT molecular complexity index is 563. The molecule has 1 aromatic carbocycles. The monoisotopic (exact) mass is 348 g/mol. The smallest absolute Gasteiger partial charge is 0.338 e. The number of unbranched alkanes of at least 4 members (excludes halogenated alkanes) is 3. The molecule has 1 aromatic rings. The maximum absolute atomic E-state index is 12.6. The highest BCUT2D eigenvalue weighted by Crippen LogP contribution is 2.33. The minimum absolute atomic E-state index is 0.0962. The maximum Gasteiger partial charge on any atom is 0.338 e. The Morgan fingerprint density at radius 2 is 1.76 bits per heavy atom. The van der Waals surface area contributed by atoms with Crippen LogP contribution in [-0.4, -0.2) is 23.1 Å². The van der Waals surface area contributed by atoms with Crippen molar-refractivity contribution >= 4 is 11.9 Å². The third-order valence-corrected chi connectivity index (χ3v) is 4.68. The first-order valence-electron chi connectivity index (χ1n) is 9.36. The summed E-state index contributed by atoms with van der Waals surface area (Å²) < 4.78 is 5.84. The lowest BCUT2D eigenvalue weighted by Gasteiger charge is -2.34. The average Bonchev–Trinajstić information content (AvgIpc) is 2.57. The highest BCUT2D eigenvalue weighted by atomic mass is 16.5. The summed E-state index contributed by atoms with van der Waals surface area (Å²) in [7, 11) is 0. The Labute approximate surface area is 151 Å². The topological polar surface area (TPSA) is 63.6 Å². The van der Waals surface area contributed by atoms with Gasteiger partial charge in [0.2, 0.25) is 0 Å². The van der Waals surface area contributed by atoms with Crippen LogP contribution in [0.1, 0.15) is 93.4 Å². The van der Waals surface area contributed by atoms with Crippen molar-refractivity contribution in [2.45, 2.75) is 78.7 Å². The quantitative estimate of drug-likeness (QED) is 0.411. The molecule has 0 bridgehead atoms. The summed E-state index contributed by atoms with van der Waals surface area (Å²) in [5.74, 6) is -1.48. The summed E-state index contributed by atoms with van der Waals surface area (Å²) in [6, 6.07) is 6.04. The molecule has 0 spiro atoms. The van der Waals surface area contributed by atoms with Gasteiger partial charge in [-0.2, -0.15) is 0 Å². The van der Waals surface area contributed by atoms with Crippen LogP contribution in [0.5, 0.6) is 0 Å². The number of ether oxygens (including phenoxy) is 1. The van der Waals surface area contributed by atoms with Crippen molar-refractivity contribution in [2.24, 2.45) is 5.41 Å². The first-order valence-corrected chi connectivity index (χ1v) is 9.36. The fourth-order valence-corrected chi connectivity index (χ4v) is 3.15. The molecule has 0 fully saturated rings. The molecule has 0 amide bonds. The standard InChI is InChI=1S/C21H32O4/c1-5-7-8-9-13-18(21(3,4)14-6-2)25-20(24)17-12-10-11-16(15-17)19(22)23/h10-12,15,18H,5-9,13-14H2,1-4H3,(H,22,23). The molecule has 4 nitrogen and oxygen atoms in total. The van der Waals surface area contributed by atoms with Crippen LogP contribution in [0.15, 0.2) is 24.3 Å². The fraction of sp³-hybridized carbons (Fsp3) is 0.619. The predicted octanol–water partition coefficient (Wildman–Crippen LogP) is 5.71. The summed E-state index contributed by atoms with van der Waals surface area (Å²) >= 11 is 0. The molecule has 140 valence electrons. The lowest BCUT2D eigenvalue weighted by Crippen LogP contribution is -2.34. The zero-order valence-corrected chi connectivity index (χ0v) is 16.0. The third kappa shape index (κ3) is 6.89. The van der Waals surface area contributed by atoms with Crippen molar-refractivity contribution in [3.05, 3.63) is 35.4 Å². The summed E-state index contributed by atoms with van der Waals surface area (Å²) in [6.07, 6.45) is 7.23. The first kappa shape index (κ1) is 21.2. The van der Waals surface area contributed by atoms with E-state index in [1.54, 1.807) is 12.1 Å². The summed E-state index contributed by atoms with van der Waals surface area (Å²) in [5.41, 5.74) is 0.300. The van der Waals surface area contributed by atoms with Gasteiger partial charge in [-0.3, -0.25) is 0 Å².